The van der Waals surface area contributed by atoms with Crippen molar-refractivity contribution in [2.24, 2.45) is 5.73 Å². The Morgan fingerprint density at radius 2 is 2.07 bits per heavy atom. The molecule has 0 fully saturated rings. The molecular weight excluding hydrogens is 206 g/mol. The van der Waals surface area contributed by atoms with Gasteiger partial charge in [-0.05, 0) is 19.9 Å². The minimum atomic E-state index is -3.39. The zero-order valence-electron chi connectivity index (χ0n) is 8.41. The van der Waals surface area contributed by atoms with Crippen molar-refractivity contribution >= 4 is 15.9 Å². The van der Waals surface area contributed by atoms with Gasteiger partial charge in [0.1, 0.15) is 0 Å². The Balaban J connectivity index is 4.15. The van der Waals surface area contributed by atoms with Crippen LogP contribution >= 0.6 is 0 Å². The molecule has 0 saturated heterocycles. The summed E-state index contributed by atoms with van der Waals surface area (Å²) in [5, 5.41) is 2.35. The molecule has 14 heavy (non-hydrogen) atoms. The first-order valence-electron chi connectivity index (χ1n) is 4.34. The van der Waals surface area contributed by atoms with Gasteiger partial charge in [0.2, 0.25) is 15.9 Å². The SMILES string of the molecule is CNC(=O)C(C)NS(=O)(=O)CCCN. The molecule has 0 radical (unpaired) electrons. The number of hydrogen-bond donors (Lipinski definition) is 3. The average Bonchev–Trinajstić information content (AvgIpc) is 2.12. The molecule has 0 spiro atoms. The molecule has 1 unspecified atom stereocenters. The third-order valence-electron chi connectivity index (χ3n) is 1.61. The predicted octanol–water partition coefficient (Wildman–Crippen LogP) is -1.61. The summed E-state index contributed by atoms with van der Waals surface area (Å²) in [6.07, 6.45) is 0.385. The van der Waals surface area contributed by atoms with Gasteiger partial charge in [-0.15, -0.1) is 0 Å². The molecule has 0 aromatic carbocycles. The molecule has 0 heterocycles. The summed E-state index contributed by atoms with van der Waals surface area (Å²) in [6.45, 7) is 1.80. The number of carbonyl (C=O) groups excluding carboxylic acids is 1. The standard InChI is InChI=1S/C7H17N3O3S/c1-6(7(11)9-2)10-14(12,13)5-3-4-8/h6,10H,3-5,8H2,1-2H3,(H,9,11). The fourth-order valence-electron chi connectivity index (χ4n) is 0.872. The largest absolute Gasteiger partial charge is 0.358 e. The molecule has 1 amide bonds. The van der Waals surface area contributed by atoms with Crippen molar-refractivity contribution in [3.8, 4) is 0 Å². The van der Waals surface area contributed by atoms with Gasteiger partial charge in [-0.3, -0.25) is 4.79 Å². The minimum Gasteiger partial charge on any atom is -0.358 e. The summed E-state index contributed by atoms with van der Waals surface area (Å²) in [7, 11) is -1.94. The van der Waals surface area contributed by atoms with E-state index in [1.807, 2.05) is 0 Å². The first kappa shape index (κ1) is 13.3. The fraction of sp³-hybridized carbons (Fsp3) is 0.857. The lowest BCUT2D eigenvalue weighted by Crippen LogP contribution is -2.44. The second-order valence-corrected chi connectivity index (χ2v) is 4.79. The van der Waals surface area contributed by atoms with Crippen molar-refractivity contribution in [1.82, 2.24) is 10.0 Å². The molecule has 4 N–H and O–H groups in total. The fourth-order valence-corrected chi connectivity index (χ4v) is 2.18. The summed E-state index contributed by atoms with van der Waals surface area (Å²) in [5.41, 5.74) is 5.18. The van der Waals surface area contributed by atoms with E-state index in [9.17, 15) is 13.2 Å². The molecular formula is C7H17N3O3S. The molecule has 0 rings (SSSR count). The summed E-state index contributed by atoms with van der Waals surface area (Å²) in [5.74, 6) is -0.411. The van der Waals surface area contributed by atoms with Crippen LogP contribution in [-0.4, -0.2) is 39.7 Å². The summed E-state index contributed by atoms with van der Waals surface area (Å²) < 4.78 is 24.8. The first-order chi connectivity index (χ1) is 6.43. The Hall–Kier alpha value is -0.660. The molecule has 6 nitrogen and oxygen atoms in total. The Labute approximate surface area is 84.3 Å². The molecule has 0 aliphatic rings. The molecule has 7 heteroatoms. The third-order valence-corrected chi connectivity index (χ3v) is 3.15. The molecule has 84 valence electrons. The van der Waals surface area contributed by atoms with Crippen LogP contribution in [0.2, 0.25) is 0 Å². The van der Waals surface area contributed by atoms with Gasteiger partial charge in [-0.1, -0.05) is 0 Å². The van der Waals surface area contributed by atoms with Gasteiger partial charge in [0.15, 0.2) is 0 Å². The van der Waals surface area contributed by atoms with E-state index in [0.29, 0.717) is 13.0 Å². The highest BCUT2D eigenvalue weighted by molar-refractivity contribution is 7.89. The van der Waals surface area contributed by atoms with E-state index in [1.54, 1.807) is 0 Å². The Morgan fingerprint density at radius 1 is 1.50 bits per heavy atom. The summed E-state index contributed by atoms with van der Waals surface area (Å²) in [4.78, 5) is 11.0. The van der Waals surface area contributed by atoms with Crippen LogP contribution in [0, 0.1) is 0 Å². The number of rotatable bonds is 6. The van der Waals surface area contributed by atoms with Crippen LogP contribution in [0.4, 0.5) is 0 Å². The monoisotopic (exact) mass is 223 g/mol. The molecule has 0 aliphatic heterocycles. The topological polar surface area (TPSA) is 101 Å². The van der Waals surface area contributed by atoms with E-state index >= 15 is 0 Å². The lowest BCUT2D eigenvalue weighted by Gasteiger charge is -2.12. The van der Waals surface area contributed by atoms with Crippen molar-refractivity contribution < 1.29 is 13.2 Å². The molecule has 0 saturated carbocycles. The number of nitrogens with two attached hydrogens (primary N) is 1. The number of hydrogen-bond acceptors (Lipinski definition) is 4. The van der Waals surface area contributed by atoms with Gasteiger partial charge in [0.05, 0.1) is 11.8 Å². The lowest BCUT2D eigenvalue weighted by molar-refractivity contribution is -0.121. The molecule has 0 aromatic heterocycles. The van der Waals surface area contributed by atoms with Gasteiger partial charge >= 0.3 is 0 Å². The number of carbonyl (C=O) groups is 1. The van der Waals surface area contributed by atoms with E-state index in [0.717, 1.165) is 0 Å². The normalized spacial score (nSPS) is 13.6. The van der Waals surface area contributed by atoms with Gasteiger partial charge in [0, 0.05) is 7.05 Å². The molecule has 1 atom stereocenters. The van der Waals surface area contributed by atoms with Crippen LogP contribution in [0.1, 0.15) is 13.3 Å². The predicted molar refractivity (Wildman–Crippen MR) is 54.1 cm³/mol. The molecule has 0 bridgehead atoms. The number of sulfonamides is 1. The van der Waals surface area contributed by atoms with Gasteiger partial charge in [-0.25, -0.2) is 13.1 Å². The van der Waals surface area contributed by atoms with Gasteiger partial charge in [0.25, 0.3) is 0 Å². The quantitative estimate of drug-likeness (QED) is 0.504. The van der Waals surface area contributed by atoms with Crippen molar-refractivity contribution in [3.63, 3.8) is 0 Å². The second kappa shape index (κ2) is 5.94. The highest BCUT2D eigenvalue weighted by Gasteiger charge is 2.18. The number of amides is 1. The van der Waals surface area contributed by atoms with Crippen molar-refractivity contribution in [2.45, 2.75) is 19.4 Å². The van der Waals surface area contributed by atoms with E-state index in [2.05, 4.69) is 10.0 Å². The van der Waals surface area contributed by atoms with Gasteiger partial charge < -0.3 is 11.1 Å². The Bertz CT molecular complexity index is 276. The summed E-state index contributed by atoms with van der Waals surface area (Å²) in [6, 6.07) is -0.747. The van der Waals surface area contributed by atoms with E-state index < -0.39 is 16.1 Å². The maximum atomic E-state index is 11.3. The van der Waals surface area contributed by atoms with E-state index in [-0.39, 0.29) is 11.7 Å². The van der Waals surface area contributed by atoms with Crippen LogP contribution in [-0.2, 0) is 14.8 Å². The Kier molecular flexibility index (Phi) is 5.66. The summed E-state index contributed by atoms with van der Waals surface area (Å²) >= 11 is 0. The van der Waals surface area contributed by atoms with E-state index in [1.165, 1.54) is 14.0 Å². The maximum absolute atomic E-state index is 11.3. The smallest absolute Gasteiger partial charge is 0.237 e. The highest BCUT2D eigenvalue weighted by atomic mass is 32.2. The first-order valence-corrected chi connectivity index (χ1v) is 6.00. The van der Waals surface area contributed by atoms with Gasteiger partial charge in [-0.2, -0.15) is 0 Å². The number of nitrogens with one attached hydrogen (secondary N) is 2. The minimum absolute atomic E-state index is 0.0508. The highest BCUT2D eigenvalue weighted by Crippen LogP contribution is 1.92. The number of likely N-dealkylation sites (N-methyl/N-ethyl adjacent to an activating group) is 1. The van der Waals surface area contributed by atoms with Crippen molar-refractivity contribution in [2.75, 3.05) is 19.3 Å². The van der Waals surface area contributed by atoms with E-state index in [4.69, 9.17) is 5.73 Å². The molecule has 0 aliphatic carbocycles. The van der Waals surface area contributed by atoms with Crippen LogP contribution in [0.3, 0.4) is 0 Å². The second-order valence-electron chi connectivity index (χ2n) is 2.91. The zero-order chi connectivity index (χ0) is 11.2. The maximum Gasteiger partial charge on any atom is 0.237 e. The van der Waals surface area contributed by atoms with Crippen LogP contribution in [0.5, 0.6) is 0 Å². The van der Waals surface area contributed by atoms with Crippen LogP contribution in [0.15, 0.2) is 0 Å². The lowest BCUT2D eigenvalue weighted by atomic mass is 10.3. The molecule has 0 aromatic rings. The van der Waals surface area contributed by atoms with Crippen molar-refractivity contribution in [1.29, 1.82) is 0 Å². The van der Waals surface area contributed by atoms with Crippen LogP contribution < -0.4 is 15.8 Å². The van der Waals surface area contributed by atoms with Crippen molar-refractivity contribution in [3.05, 3.63) is 0 Å². The van der Waals surface area contributed by atoms with Crippen LogP contribution in [0.25, 0.3) is 0 Å². The zero-order valence-corrected chi connectivity index (χ0v) is 9.23. The third kappa shape index (κ3) is 5.15. The Morgan fingerprint density at radius 3 is 2.50 bits per heavy atom. The average molecular weight is 223 g/mol.